The standard InChI is InChI=1S/C18H22FNO/c19-17-9-8-16(15(12-17)6-3-11-21)13-20-10-2-5-14-4-1-7-18(14)20/h8-9,12,14,18,21H,1-2,4-5,7,10-11,13H2. The van der Waals surface area contributed by atoms with Crippen LogP contribution in [0.25, 0.3) is 0 Å². The number of nitrogens with zero attached hydrogens (tertiary/aromatic N) is 1. The van der Waals surface area contributed by atoms with E-state index in [0.717, 1.165) is 24.6 Å². The van der Waals surface area contributed by atoms with Crippen LogP contribution in [0, 0.1) is 23.6 Å². The zero-order valence-electron chi connectivity index (χ0n) is 12.3. The Hall–Kier alpha value is -1.37. The first-order valence-corrected chi connectivity index (χ1v) is 7.90. The molecular formula is C18H22FNO. The third kappa shape index (κ3) is 3.28. The number of hydrogen-bond acceptors (Lipinski definition) is 2. The summed E-state index contributed by atoms with van der Waals surface area (Å²) in [6.07, 6.45) is 6.62. The molecule has 0 spiro atoms. The smallest absolute Gasteiger partial charge is 0.124 e. The highest BCUT2D eigenvalue weighted by Crippen LogP contribution is 2.37. The summed E-state index contributed by atoms with van der Waals surface area (Å²) in [5.41, 5.74) is 1.79. The molecule has 1 heterocycles. The second-order valence-electron chi connectivity index (χ2n) is 6.13. The molecule has 1 aliphatic heterocycles. The molecule has 1 N–H and O–H groups in total. The molecule has 1 saturated heterocycles. The summed E-state index contributed by atoms with van der Waals surface area (Å²) in [4.78, 5) is 2.55. The van der Waals surface area contributed by atoms with Gasteiger partial charge in [0.1, 0.15) is 12.4 Å². The van der Waals surface area contributed by atoms with Gasteiger partial charge in [-0.05, 0) is 55.8 Å². The van der Waals surface area contributed by atoms with Crippen molar-refractivity contribution in [2.75, 3.05) is 13.2 Å². The molecule has 1 aliphatic carbocycles. The van der Waals surface area contributed by atoms with E-state index in [4.69, 9.17) is 5.11 Å². The number of aliphatic hydroxyl groups excluding tert-OH is 1. The van der Waals surface area contributed by atoms with E-state index in [1.165, 1.54) is 44.2 Å². The van der Waals surface area contributed by atoms with Gasteiger partial charge in [-0.1, -0.05) is 24.3 Å². The lowest BCUT2D eigenvalue weighted by atomic mass is 9.91. The van der Waals surface area contributed by atoms with E-state index in [-0.39, 0.29) is 12.4 Å². The molecule has 3 heteroatoms. The first kappa shape index (κ1) is 14.6. The number of piperidine rings is 1. The van der Waals surface area contributed by atoms with Crippen molar-refractivity contribution in [2.24, 2.45) is 5.92 Å². The average molecular weight is 287 g/mol. The molecule has 21 heavy (non-hydrogen) atoms. The number of likely N-dealkylation sites (tertiary alicyclic amines) is 1. The minimum absolute atomic E-state index is 0.190. The summed E-state index contributed by atoms with van der Waals surface area (Å²) in [6.45, 7) is 1.78. The van der Waals surface area contributed by atoms with Gasteiger partial charge >= 0.3 is 0 Å². The van der Waals surface area contributed by atoms with Gasteiger partial charge in [0.15, 0.2) is 0 Å². The minimum Gasteiger partial charge on any atom is -0.384 e. The van der Waals surface area contributed by atoms with Gasteiger partial charge in [0, 0.05) is 18.2 Å². The van der Waals surface area contributed by atoms with Crippen LogP contribution in [0.5, 0.6) is 0 Å². The maximum Gasteiger partial charge on any atom is 0.124 e. The van der Waals surface area contributed by atoms with Crippen LogP contribution < -0.4 is 0 Å². The first-order chi connectivity index (χ1) is 10.3. The maximum atomic E-state index is 13.4. The first-order valence-electron chi connectivity index (χ1n) is 7.90. The Morgan fingerprint density at radius 2 is 2.10 bits per heavy atom. The molecule has 2 nitrogen and oxygen atoms in total. The summed E-state index contributed by atoms with van der Waals surface area (Å²) in [5, 5.41) is 8.85. The number of hydrogen-bond donors (Lipinski definition) is 1. The summed E-state index contributed by atoms with van der Waals surface area (Å²) >= 11 is 0. The molecule has 1 aromatic rings. The van der Waals surface area contributed by atoms with Gasteiger partial charge in [-0.15, -0.1) is 0 Å². The second kappa shape index (κ2) is 6.60. The zero-order valence-corrected chi connectivity index (χ0v) is 12.3. The van der Waals surface area contributed by atoms with Crippen molar-refractivity contribution in [1.82, 2.24) is 4.90 Å². The van der Waals surface area contributed by atoms with Crippen molar-refractivity contribution < 1.29 is 9.50 Å². The van der Waals surface area contributed by atoms with Crippen LogP contribution in [0.15, 0.2) is 18.2 Å². The molecule has 2 atom stereocenters. The van der Waals surface area contributed by atoms with Crippen molar-refractivity contribution in [3.63, 3.8) is 0 Å². The van der Waals surface area contributed by atoms with Crippen molar-refractivity contribution in [3.8, 4) is 11.8 Å². The van der Waals surface area contributed by atoms with Crippen molar-refractivity contribution in [3.05, 3.63) is 35.1 Å². The molecule has 0 amide bonds. The SMILES string of the molecule is OCC#Cc1cc(F)ccc1CN1CCCC2CCCC21. The Morgan fingerprint density at radius 1 is 1.24 bits per heavy atom. The molecule has 0 bridgehead atoms. The number of rotatable bonds is 2. The normalized spacial score (nSPS) is 25.2. The van der Waals surface area contributed by atoms with Crippen LogP contribution >= 0.6 is 0 Å². The summed E-state index contributed by atoms with van der Waals surface area (Å²) < 4.78 is 13.4. The highest BCUT2D eigenvalue weighted by Gasteiger charge is 2.34. The second-order valence-corrected chi connectivity index (χ2v) is 6.13. The molecule has 1 aromatic carbocycles. The van der Waals surface area contributed by atoms with Crippen LogP contribution in [0.4, 0.5) is 4.39 Å². The maximum absolute atomic E-state index is 13.4. The molecule has 2 unspecified atom stereocenters. The van der Waals surface area contributed by atoms with Gasteiger partial charge in [0.2, 0.25) is 0 Å². The lowest BCUT2D eigenvalue weighted by molar-refractivity contribution is 0.106. The average Bonchev–Trinajstić information content (AvgIpc) is 2.97. The van der Waals surface area contributed by atoms with Gasteiger partial charge < -0.3 is 5.11 Å². The lowest BCUT2D eigenvalue weighted by Gasteiger charge is -2.38. The van der Waals surface area contributed by atoms with E-state index in [1.807, 2.05) is 6.07 Å². The van der Waals surface area contributed by atoms with Crippen molar-refractivity contribution in [1.29, 1.82) is 0 Å². The predicted octanol–water partition coefficient (Wildman–Crippen LogP) is 2.93. The van der Waals surface area contributed by atoms with Gasteiger partial charge in [-0.25, -0.2) is 4.39 Å². The molecular weight excluding hydrogens is 265 g/mol. The van der Waals surface area contributed by atoms with Gasteiger partial charge in [0.05, 0.1) is 0 Å². The molecule has 3 rings (SSSR count). The highest BCUT2D eigenvalue weighted by molar-refractivity contribution is 5.41. The van der Waals surface area contributed by atoms with Crippen molar-refractivity contribution in [2.45, 2.75) is 44.7 Å². The van der Waals surface area contributed by atoms with Gasteiger partial charge in [-0.2, -0.15) is 0 Å². The number of benzene rings is 1. The van der Waals surface area contributed by atoms with Crippen LogP contribution in [0.1, 0.15) is 43.2 Å². The predicted molar refractivity (Wildman–Crippen MR) is 81.1 cm³/mol. The Kier molecular flexibility index (Phi) is 4.57. The fraction of sp³-hybridized carbons (Fsp3) is 0.556. The van der Waals surface area contributed by atoms with E-state index >= 15 is 0 Å². The quantitative estimate of drug-likeness (QED) is 0.845. The molecule has 0 aromatic heterocycles. The van der Waals surface area contributed by atoms with E-state index in [1.54, 1.807) is 0 Å². The Balaban J connectivity index is 1.80. The van der Waals surface area contributed by atoms with E-state index in [0.29, 0.717) is 11.6 Å². The van der Waals surface area contributed by atoms with Crippen LogP contribution in [-0.4, -0.2) is 29.2 Å². The van der Waals surface area contributed by atoms with Gasteiger partial charge in [0.25, 0.3) is 0 Å². The van der Waals surface area contributed by atoms with Crippen molar-refractivity contribution >= 4 is 0 Å². The van der Waals surface area contributed by atoms with Crippen LogP contribution in [-0.2, 0) is 6.54 Å². The Morgan fingerprint density at radius 3 is 2.95 bits per heavy atom. The molecule has 112 valence electrons. The minimum atomic E-state index is -0.265. The van der Waals surface area contributed by atoms with E-state index in [2.05, 4.69) is 16.7 Å². The highest BCUT2D eigenvalue weighted by atomic mass is 19.1. The molecule has 2 aliphatic rings. The lowest BCUT2D eigenvalue weighted by Crippen LogP contribution is -2.42. The number of fused-ring (bicyclic) bond motifs is 1. The molecule has 2 fully saturated rings. The summed E-state index contributed by atoms with van der Waals surface area (Å²) in [7, 11) is 0. The van der Waals surface area contributed by atoms with Crippen LogP contribution in [0.2, 0.25) is 0 Å². The fourth-order valence-corrected chi connectivity index (χ4v) is 3.91. The molecule has 0 radical (unpaired) electrons. The summed E-state index contributed by atoms with van der Waals surface area (Å²) in [6, 6.07) is 5.53. The third-order valence-electron chi connectivity index (χ3n) is 4.86. The van der Waals surface area contributed by atoms with Crippen LogP contribution in [0.3, 0.4) is 0 Å². The Bertz CT molecular complexity index is 560. The van der Waals surface area contributed by atoms with E-state index < -0.39 is 0 Å². The third-order valence-corrected chi connectivity index (χ3v) is 4.86. The van der Waals surface area contributed by atoms with Gasteiger partial charge in [-0.3, -0.25) is 4.90 Å². The molecule has 1 saturated carbocycles. The fourth-order valence-electron chi connectivity index (χ4n) is 3.91. The van der Waals surface area contributed by atoms with E-state index in [9.17, 15) is 4.39 Å². The summed E-state index contributed by atoms with van der Waals surface area (Å²) in [5.74, 6) is 6.11. The monoisotopic (exact) mass is 287 g/mol. The Labute approximate surface area is 126 Å². The zero-order chi connectivity index (χ0) is 14.7. The topological polar surface area (TPSA) is 23.5 Å². The number of aliphatic hydroxyl groups is 1. The largest absolute Gasteiger partial charge is 0.384 e. The number of halogens is 1.